The van der Waals surface area contributed by atoms with E-state index in [1.54, 1.807) is 0 Å². The van der Waals surface area contributed by atoms with Gasteiger partial charge in [-0.15, -0.1) is 0 Å². The van der Waals surface area contributed by atoms with Crippen LogP contribution in [0.4, 0.5) is 0 Å². The van der Waals surface area contributed by atoms with Gasteiger partial charge in [-0.25, -0.2) is 0 Å². The zero-order valence-electron chi connectivity index (χ0n) is 9.53. The molecular weight excluding hydrogens is 178 g/mol. The first-order valence-corrected chi connectivity index (χ1v) is 5.36. The predicted octanol–water partition coefficient (Wildman–Crippen LogP) is 1.63. The second-order valence-corrected chi connectivity index (χ2v) is 3.63. The molecule has 4 heteroatoms. The molecule has 0 rings (SSSR count). The molecule has 0 aliphatic heterocycles. The fourth-order valence-corrected chi connectivity index (χ4v) is 1.52. The van der Waals surface area contributed by atoms with E-state index >= 15 is 0 Å². The Kier molecular flexibility index (Phi) is 7.20. The van der Waals surface area contributed by atoms with Gasteiger partial charge in [0, 0.05) is 12.5 Å². The maximum atomic E-state index is 8.46. The van der Waals surface area contributed by atoms with E-state index in [2.05, 4.69) is 30.8 Å². The molecule has 4 nitrogen and oxygen atoms in total. The highest BCUT2D eigenvalue weighted by Crippen LogP contribution is 2.05. The maximum absolute atomic E-state index is 8.46. The van der Waals surface area contributed by atoms with Crippen LogP contribution >= 0.6 is 0 Å². The van der Waals surface area contributed by atoms with E-state index in [4.69, 9.17) is 10.9 Å². The van der Waals surface area contributed by atoms with Crippen molar-refractivity contribution in [2.24, 2.45) is 10.9 Å². The van der Waals surface area contributed by atoms with Crippen molar-refractivity contribution in [3.8, 4) is 0 Å². The largest absolute Gasteiger partial charge is 0.409 e. The minimum absolute atomic E-state index is 0.312. The molecule has 84 valence electrons. The monoisotopic (exact) mass is 201 g/mol. The van der Waals surface area contributed by atoms with Crippen molar-refractivity contribution in [2.45, 2.75) is 46.1 Å². The summed E-state index contributed by atoms with van der Waals surface area (Å²) in [6, 6.07) is 0.349. The van der Waals surface area contributed by atoms with Gasteiger partial charge in [-0.2, -0.15) is 0 Å². The summed E-state index contributed by atoms with van der Waals surface area (Å²) in [6.07, 6.45) is 3.04. The Labute approximate surface area is 86.8 Å². The van der Waals surface area contributed by atoms with Crippen molar-refractivity contribution < 1.29 is 5.21 Å². The molecule has 0 radical (unpaired) electrons. The third-order valence-corrected chi connectivity index (χ3v) is 2.46. The third-order valence-electron chi connectivity index (χ3n) is 2.46. The summed E-state index contributed by atoms with van der Waals surface area (Å²) in [5.74, 6) is 0.312. The van der Waals surface area contributed by atoms with E-state index in [1.807, 2.05) is 0 Å². The van der Waals surface area contributed by atoms with E-state index in [0.717, 1.165) is 13.1 Å². The Balaban J connectivity index is 3.96. The van der Waals surface area contributed by atoms with Gasteiger partial charge in [0.25, 0.3) is 0 Å². The van der Waals surface area contributed by atoms with Crippen LogP contribution in [0.5, 0.6) is 0 Å². The Morgan fingerprint density at radius 3 is 2.57 bits per heavy atom. The normalized spacial score (nSPS) is 14.7. The molecule has 0 amide bonds. The minimum atomic E-state index is 0.312. The summed E-state index contributed by atoms with van der Waals surface area (Å²) in [7, 11) is 0. The summed E-state index contributed by atoms with van der Waals surface area (Å²) >= 11 is 0. The minimum Gasteiger partial charge on any atom is -0.409 e. The molecule has 0 heterocycles. The Morgan fingerprint density at radius 2 is 2.14 bits per heavy atom. The van der Waals surface area contributed by atoms with Crippen LogP contribution in [0.1, 0.15) is 40.0 Å². The summed E-state index contributed by atoms with van der Waals surface area (Å²) in [4.78, 5) is 2.35. The highest BCUT2D eigenvalue weighted by molar-refractivity contribution is 5.80. The smallest absolute Gasteiger partial charge is 0.140 e. The van der Waals surface area contributed by atoms with Crippen LogP contribution in [0.25, 0.3) is 0 Å². The number of rotatable bonds is 7. The number of hydrogen-bond acceptors (Lipinski definition) is 3. The van der Waals surface area contributed by atoms with Crippen molar-refractivity contribution in [3.05, 3.63) is 0 Å². The van der Waals surface area contributed by atoms with Gasteiger partial charge in [0.05, 0.1) is 0 Å². The number of oxime groups is 1. The van der Waals surface area contributed by atoms with Crippen molar-refractivity contribution in [1.82, 2.24) is 4.90 Å². The van der Waals surface area contributed by atoms with Gasteiger partial charge in [-0.05, 0) is 26.4 Å². The van der Waals surface area contributed by atoms with Crippen LogP contribution in [0.15, 0.2) is 5.16 Å². The maximum Gasteiger partial charge on any atom is 0.140 e. The molecule has 1 unspecified atom stereocenters. The van der Waals surface area contributed by atoms with Gasteiger partial charge in [0.2, 0.25) is 0 Å². The molecule has 0 aromatic rings. The second-order valence-electron chi connectivity index (χ2n) is 3.63. The summed E-state index contributed by atoms with van der Waals surface area (Å²) in [6.45, 7) is 8.53. The van der Waals surface area contributed by atoms with Crippen LogP contribution in [-0.4, -0.2) is 35.1 Å². The first-order chi connectivity index (χ1) is 6.65. The summed E-state index contributed by atoms with van der Waals surface area (Å²) in [5.41, 5.74) is 5.47. The highest BCUT2D eigenvalue weighted by Gasteiger charge is 2.12. The topological polar surface area (TPSA) is 61.8 Å². The second kappa shape index (κ2) is 7.62. The van der Waals surface area contributed by atoms with Gasteiger partial charge in [0.1, 0.15) is 5.84 Å². The van der Waals surface area contributed by atoms with Crippen molar-refractivity contribution in [2.75, 3.05) is 13.1 Å². The number of nitrogens with zero attached hydrogens (tertiary/aromatic N) is 2. The quantitative estimate of drug-likeness (QED) is 0.285. The zero-order chi connectivity index (χ0) is 11.0. The van der Waals surface area contributed by atoms with E-state index < -0.39 is 0 Å². The van der Waals surface area contributed by atoms with E-state index in [9.17, 15) is 0 Å². The van der Waals surface area contributed by atoms with Crippen molar-refractivity contribution in [1.29, 1.82) is 0 Å². The molecule has 0 fully saturated rings. The standard InChI is InChI=1S/C10H23N3O/c1-4-6-7-13(5-2)9(3)8-10(11)12-14/h9,14H,4-8H2,1-3H3,(H2,11,12). The molecule has 0 aromatic heterocycles. The van der Waals surface area contributed by atoms with Crippen molar-refractivity contribution >= 4 is 5.84 Å². The first kappa shape index (κ1) is 13.2. The SMILES string of the molecule is CCCCN(CC)C(C)CC(N)=NO. The van der Waals surface area contributed by atoms with E-state index in [-0.39, 0.29) is 0 Å². The molecule has 1 atom stereocenters. The first-order valence-electron chi connectivity index (χ1n) is 5.36. The predicted molar refractivity (Wildman–Crippen MR) is 59.6 cm³/mol. The molecule has 0 saturated heterocycles. The lowest BCUT2D eigenvalue weighted by atomic mass is 10.1. The number of unbranched alkanes of at least 4 members (excludes halogenated alkanes) is 1. The number of hydrogen-bond donors (Lipinski definition) is 2. The van der Waals surface area contributed by atoms with Crippen LogP contribution in [0, 0.1) is 0 Å². The summed E-state index contributed by atoms with van der Waals surface area (Å²) < 4.78 is 0. The fraction of sp³-hybridized carbons (Fsp3) is 0.900. The van der Waals surface area contributed by atoms with Crippen LogP contribution in [-0.2, 0) is 0 Å². The zero-order valence-corrected chi connectivity index (χ0v) is 9.53. The van der Waals surface area contributed by atoms with E-state index in [1.165, 1.54) is 12.8 Å². The molecule has 14 heavy (non-hydrogen) atoms. The average Bonchev–Trinajstić information content (AvgIpc) is 2.18. The molecule has 0 spiro atoms. The fourth-order valence-electron chi connectivity index (χ4n) is 1.52. The highest BCUT2D eigenvalue weighted by atomic mass is 16.4. The van der Waals surface area contributed by atoms with Gasteiger partial charge in [-0.3, -0.25) is 0 Å². The lowest BCUT2D eigenvalue weighted by Crippen LogP contribution is -2.36. The number of nitrogens with two attached hydrogens (primary N) is 1. The van der Waals surface area contributed by atoms with Crippen molar-refractivity contribution in [3.63, 3.8) is 0 Å². The van der Waals surface area contributed by atoms with Gasteiger partial charge < -0.3 is 15.8 Å². The Morgan fingerprint density at radius 1 is 1.50 bits per heavy atom. The summed E-state index contributed by atoms with van der Waals surface area (Å²) in [5, 5.41) is 11.5. The van der Waals surface area contributed by atoms with Gasteiger partial charge in [0.15, 0.2) is 0 Å². The Bertz CT molecular complexity index is 171. The Hall–Kier alpha value is -0.770. The van der Waals surface area contributed by atoms with Crippen LogP contribution in [0.2, 0.25) is 0 Å². The molecular formula is C10H23N3O. The van der Waals surface area contributed by atoms with Gasteiger partial charge in [-0.1, -0.05) is 25.4 Å². The lowest BCUT2D eigenvalue weighted by molar-refractivity contribution is 0.219. The molecule has 0 aliphatic carbocycles. The lowest BCUT2D eigenvalue weighted by Gasteiger charge is -2.27. The average molecular weight is 201 g/mol. The number of amidine groups is 1. The van der Waals surface area contributed by atoms with Crippen LogP contribution < -0.4 is 5.73 Å². The molecule has 3 N–H and O–H groups in total. The van der Waals surface area contributed by atoms with Crippen LogP contribution in [0.3, 0.4) is 0 Å². The molecule has 0 aromatic carbocycles. The van der Waals surface area contributed by atoms with Gasteiger partial charge >= 0.3 is 0 Å². The molecule has 0 saturated carbocycles. The van der Waals surface area contributed by atoms with E-state index in [0.29, 0.717) is 18.3 Å². The third kappa shape index (κ3) is 5.07. The molecule has 0 bridgehead atoms. The molecule has 0 aliphatic rings.